The van der Waals surface area contributed by atoms with Crippen molar-refractivity contribution in [1.82, 2.24) is 0 Å². The smallest absolute Gasteiger partial charge is 0.154 e. The van der Waals surface area contributed by atoms with E-state index in [4.69, 9.17) is 9.84 Å². The highest BCUT2D eigenvalue weighted by Crippen LogP contribution is 2.21. The van der Waals surface area contributed by atoms with Crippen LogP contribution in [0.4, 0.5) is 0 Å². The molecule has 10 heavy (non-hydrogen) atoms. The van der Waals surface area contributed by atoms with Crippen LogP contribution in [0.3, 0.4) is 0 Å². The van der Waals surface area contributed by atoms with Crippen LogP contribution in [-0.2, 0) is 4.74 Å². The fraction of sp³-hybridized carbons (Fsp3) is 0.750. The lowest BCUT2D eigenvalue weighted by atomic mass is 10.1. The first-order chi connectivity index (χ1) is 4.83. The molecule has 0 aromatic carbocycles. The first-order valence-corrected chi connectivity index (χ1v) is 3.77. The highest BCUT2D eigenvalue weighted by Gasteiger charge is 2.21. The van der Waals surface area contributed by atoms with Crippen molar-refractivity contribution in [3.63, 3.8) is 0 Å². The highest BCUT2D eigenvalue weighted by molar-refractivity contribution is 4.73. The molecule has 0 aromatic rings. The second kappa shape index (κ2) is 3.74. The molecule has 1 N–H and O–H groups in total. The third kappa shape index (κ3) is 2.12. The predicted molar refractivity (Wildman–Crippen MR) is 39.5 cm³/mol. The Balaban J connectivity index is 2.12. The lowest BCUT2D eigenvalue weighted by Crippen LogP contribution is -2.09. The van der Waals surface area contributed by atoms with E-state index in [2.05, 4.69) is 6.58 Å². The van der Waals surface area contributed by atoms with Crippen LogP contribution >= 0.6 is 0 Å². The molecule has 0 bridgehead atoms. The van der Waals surface area contributed by atoms with E-state index in [-0.39, 0.29) is 6.10 Å². The largest absolute Gasteiger partial charge is 0.368 e. The molecule has 2 nitrogen and oxygen atoms in total. The van der Waals surface area contributed by atoms with Gasteiger partial charge in [-0.25, -0.2) is 0 Å². The Kier molecular flexibility index (Phi) is 2.90. The molecule has 1 rings (SSSR count). The Labute approximate surface area is 61.5 Å². The molecule has 1 aliphatic rings. The number of ether oxygens (including phenoxy) is 1. The molecule has 1 aliphatic heterocycles. The van der Waals surface area contributed by atoms with Crippen molar-refractivity contribution in [2.75, 3.05) is 0 Å². The van der Waals surface area contributed by atoms with E-state index in [9.17, 15) is 0 Å². The van der Waals surface area contributed by atoms with Crippen molar-refractivity contribution in [1.29, 1.82) is 0 Å². The molecular formula is C8H14O2. The second-order valence-corrected chi connectivity index (χ2v) is 2.66. The monoisotopic (exact) mass is 142 g/mol. The standard InChI is InChI=1S/C8H14O2/c1-2-3-4-7-5-6-8(9)10-7/h2,7-9H,1,3-6H2. The molecule has 0 saturated carbocycles. The zero-order valence-corrected chi connectivity index (χ0v) is 6.12. The van der Waals surface area contributed by atoms with Gasteiger partial charge in [0.15, 0.2) is 6.29 Å². The molecule has 1 saturated heterocycles. The summed E-state index contributed by atoms with van der Waals surface area (Å²) in [6.07, 6.45) is 5.42. The van der Waals surface area contributed by atoms with Gasteiger partial charge in [-0.15, -0.1) is 6.58 Å². The molecule has 1 heterocycles. The quantitative estimate of drug-likeness (QED) is 0.604. The summed E-state index contributed by atoms with van der Waals surface area (Å²) in [6, 6.07) is 0. The maximum Gasteiger partial charge on any atom is 0.154 e. The number of hydrogen-bond donors (Lipinski definition) is 1. The number of aliphatic hydroxyl groups is 1. The van der Waals surface area contributed by atoms with Gasteiger partial charge < -0.3 is 9.84 Å². The van der Waals surface area contributed by atoms with E-state index in [0.29, 0.717) is 0 Å². The SMILES string of the molecule is C=CCCC1CCC(O)O1. The van der Waals surface area contributed by atoms with Crippen LogP contribution in [0.2, 0.25) is 0 Å². The van der Waals surface area contributed by atoms with Crippen LogP contribution in [0.25, 0.3) is 0 Å². The number of allylic oxidation sites excluding steroid dienone is 1. The van der Waals surface area contributed by atoms with E-state index in [1.54, 1.807) is 0 Å². The second-order valence-electron chi connectivity index (χ2n) is 2.66. The normalized spacial score (nSPS) is 32.5. The van der Waals surface area contributed by atoms with Crippen molar-refractivity contribution in [3.8, 4) is 0 Å². The van der Waals surface area contributed by atoms with Crippen molar-refractivity contribution in [3.05, 3.63) is 12.7 Å². The fourth-order valence-corrected chi connectivity index (χ4v) is 1.20. The minimum atomic E-state index is -0.505. The molecule has 58 valence electrons. The van der Waals surface area contributed by atoms with Crippen molar-refractivity contribution < 1.29 is 9.84 Å². The summed E-state index contributed by atoms with van der Waals surface area (Å²) in [5, 5.41) is 8.95. The average Bonchev–Trinajstić information content (AvgIpc) is 2.31. The van der Waals surface area contributed by atoms with Crippen LogP contribution in [0.1, 0.15) is 25.7 Å². The molecular weight excluding hydrogens is 128 g/mol. The summed E-state index contributed by atoms with van der Waals surface area (Å²) >= 11 is 0. The Hall–Kier alpha value is -0.340. The number of hydrogen-bond acceptors (Lipinski definition) is 2. The minimum Gasteiger partial charge on any atom is -0.368 e. The molecule has 2 atom stereocenters. The molecule has 0 amide bonds. The third-order valence-corrected chi connectivity index (χ3v) is 1.78. The summed E-state index contributed by atoms with van der Waals surface area (Å²) in [5.41, 5.74) is 0. The molecule has 2 heteroatoms. The van der Waals surface area contributed by atoms with Gasteiger partial charge in [-0.2, -0.15) is 0 Å². The van der Waals surface area contributed by atoms with Gasteiger partial charge in [0.1, 0.15) is 0 Å². The third-order valence-electron chi connectivity index (χ3n) is 1.78. The summed E-state index contributed by atoms with van der Waals surface area (Å²) in [5.74, 6) is 0. The number of aliphatic hydroxyl groups excluding tert-OH is 1. The van der Waals surface area contributed by atoms with Gasteiger partial charge in [0.2, 0.25) is 0 Å². The highest BCUT2D eigenvalue weighted by atomic mass is 16.6. The van der Waals surface area contributed by atoms with Crippen molar-refractivity contribution >= 4 is 0 Å². The molecule has 0 radical (unpaired) electrons. The van der Waals surface area contributed by atoms with Gasteiger partial charge in [0.05, 0.1) is 6.10 Å². The van der Waals surface area contributed by atoms with Crippen LogP contribution in [-0.4, -0.2) is 17.5 Å². The Morgan fingerprint density at radius 2 is 2.40 bits per heavy atom. The zero-order chi connectivity index (χ0) is 7.40. The summed E-state index contributed by atoms with van der Waals surface area (Å²) in [4.78, 5) is 0. The van der Waals surface area contributed by atoms with Gasteiger partial charge in [-0.1, -0.05) is 6.08 Å². The summed E-state index contributed by atoms with van der Waals surface area (Å²) in [7, 11) is 0. The van der Waals surface area contributed by atoms with Gasteiger partial charge in [-0.05, 0) is 19.3 Å². The first-order valence-electron chi connectivity index (χ1n) is 3.77. The Morgan fingerprint density at radius 1 is 1.60 bits per heavy atom. The molecule has 0 spiro atoms. The fourth-order valence-electron chi connectivity index (χ4n) is 1.20. The van der Waals surface area contributed by atoms with Crippen LogP contribution in [0.15, 0.2) is 12.7 Å². The maximum atomic E-state index is 8.95. The molecule has 1 fully saturated rings. The topological polar surface area (TPSA) is 29.5 Å². The van der Waals surface area contributed by atoms with Gasteiger partial charge in [0, 0.05) is 6.42 Å². The van der Waals surface area contributed by atoms with Gasteiger partial charge in [0.25, 0.3) is 0 Å². The zero-order valence-electron chi connectivity index (χ0n) is 6.12. The van der Waals surface area contributed by atoms with Crippen molar-refractivity contribution in [2.24, 2.45) is 0 Å². The van der Waals surface area contributed by atoms with Gasteiger partial charge >= 0.3 is 0 Å². The van der Waals surface area contributed by atoms with E-state index in [0.717, 1.165) is 25.7 Å². The summed E-state index contributed by atoms with van der Waals surface area (Å²) < 4.78 is 5.17. The van der Waals surface area contributed by atoms with Crippen molar-refractivity contribution in [2.45, 2.75) is 38.1 Å². The number of rotatable bonds is 3. The van der Waals surface area contributed by atoms with E-state index in [1.165, 1.54) is 0 Å². The molecule has 0 aliphatic carbocycles. The van der Waals surface area contributed by atoms with Crippen LogP contribution in [0, 0.1) is 0 Å². The first kappa shape index (κ1) is 7.76. The predicted octanol–water partition coefficient (Wildman–Crippen LogP) is 1.45. The average molecular weight is 142 g/mol. The van der Waals surface area contributed by atoms with Crippen LogP contribution in [0.5, 0.6) is 0 Å². The lowest BCUT2D eigenvalue weighted by molar-refractivity contribution is -0.0913. The van der Waals surface area contributed by atoms with E-state index < -0.39 is 6.29 Å². The lowest BCUT2D eigenvalue weighted by Gasteiger charge is -2.07. The Morgan fingerprint density at radius 3 is 2.90 bits per heavy atom. The Bertz CT molecular complexity index is 112. The summed E-state index contributed by atoms with van der Waals surface area (Å²) in [6.45, 7) is 3.62. The molecule has 0 aromatic heterocycles. The minimum absolute atomic E-state index is 0.271. The maximum absolute atomic E-state index is 8.95. The van der Waals surface area contributed by atoms with Crippen LogP contribution < -0.4 is 0 Å². The molecule has 2 unspecified atom stereocenters. The van der Waals surface area contributed by atoms with E-state index in [1.807, 2.05) is 6.08 Å². The van der Waals surface area contributed by atoms with E-state index >= 15 is 0 Å². The van der Waals surface area contributed by atoms with Gasteiger partial charge in [-0.3, -0.25) is 0 Å².